The molecule has 0 spiro atoms. The minimum Gasteiger partial charge on any atom is -0.490 e. The van der Waals surface area contributed by atoms with E-state index in [0.717, 1.165) is 11.5 Å². The van der Waals surface area contributed by atoms with Crippen LogP contribution in [0.1, 0.15) is 31.9 Å². The molecular formula is C32H26F2N6O2S. The van der Waals surface area contributed by atoms with Crippen LogP contribution in [-0.2, 0) is 4.79 Å². The lowest BCUT2D eigenvalue weighted by atomic mass is 9.96. The van der Waals surface area contributed by atoms with Crippen molar-refractivity contribution >= 4 is 27.3 Å². The highest BCUT2D eigenvalue weighted by molar-refractivity contribution is 7.18. The van der Waals surface area contributed by atoms with Gasteiger partial charge < -0.3 is 9.64 Å². The maximum atomic E-state index is 15.8. The Morgan fingerprint density at radius 3 is 2.79 bits per heavy atom. The monoisotopic (exact) mass is 596 g/mol. The topological polar surface area (TPSA) is 96.9 Å². The number of amides is 1. The Kier molecular flexibility index (Phi) is 7.46. The van der Waals surface area contributed by atoms with E-state index < -0.39 is 11.6 Å². The van der Waals surface area contributed by atoms with Gasteiger partial charge in [0, 0.05) is 70.6 Å². The van der Waals surface area contributed by atoms with Gasteiger partial charge in [-0.05, 0) is 43.9 Å². The van der Waals surface area contributed by atoms with Crippen molar-refractivity contribution in [2.24, 2.45) is 0 Å². The second kappa shape index (κ2) is 11.4. The van der Waals surface area contributed by atoms with E-state index in [0.29, 0.717) is 57.9 Å². The van der Waals surface area contributed by atoms with Crippen molar-refractivity contribution in [2.75, 3.05) is 13.1 Å². The number of nitrogens with zero attached hydrogens (tertiary/aromatic N) is 6. The van der Waals surface area contributed by atoms with Crippen molar-refractivity contribution in [3.05, 3.63) is 84.3 Å². The molecule has 1 aromatic carbocycles. The first kappa shape index (κ1) is 28.2. The van der Waals surface area contributed by atoms with Crippen molar-refractivity contribution in [2.45, 2.75) is 32.4 Å². The second-order valence-corrected chi connectivity index (χ2v) is 11.4. The molecule has 4 aromatic heterocycles. The molecule has 5 heterocycles. The summed E-state index contributed by atoms with van der Waals surface area (Å²) in [5, 5.41) is 16.7. The van der Waals surface area contributed by atoms with Crippen LogP contribution in [-0.4, -0.2) is 49.7 Å². The lowest BCUT2D eigenvalue weighted by Crippen LogP contribution is -2.27. The molecular weight excluding hydrogens is 570 g/mol. The van der Waals surface area contributed by atoms with Crippen molar-refractivity contribution in [1.29, 1.82) is 5.26 Å². The van der Waals surface area contributed by atoms with Crippen molar-refractivity contribution in [3.63, 3.8) is 0 Å². The van der Waals surface area contributed by atoms with E-state index in [-0.39, 0.29) is 29.4 Å². The second-order valence-electron chi connectivity index (χ2n) is 10.5. The zero-order chi connectivity index (χ0) is 30.2. The molecule has 1 aliphatic rings. The summed E-state index contributed by atoms with van der Waals surface area (Å²) in [5.41, 5.74) is 3.11. The molecule has 1 fully saturated rings. The number of benzene rings is 1. The smallest absolute Gasteiger partial charge is 0.246 e. The standard InChI is InChI=1S/C32H26F2N6O2S/c1-4-27(41)39-7-5-23(17-39)40-16-21(15-37-40)31-29(28-25(34)10-22(33)11-26(28)42-18(2)3)32-24(6-8-43-32)30(38-31)20-9-19(12-35)13-36-14-20/h4,6,8-11,13-16,18,23H,1,5,7,17H2,2-3H3. The lowest BCUT2D eigenvalue weighted by Gasteiger charge is -2.19. The van der Waals surface area contributed by atoms with Gasteiger partial charge in [0.25, 0.3) is 0 Å². The Labute approximate surface area is 250 Å². The molecule has 1 unspecified atom stereocenters. The van der Waals surface area contributed by atoms with Crippen molar-refractivity contribution in [3.8, 4) is 45.5 Å². The zero-order valence-electron chi connectivity index (χ0n) is 23.4. The number of pyridine rings is 2. The SMILES string of the molecule is C=CC(=O)N1CCC(n2cc(-c3nc(-c4cncc(C#N)c4)c4ccsc4c3-c3c(F)cc(F)cc3OC(C)C)cn2)C1. The number of nitriles is 1. The summed E-state index contributed by atoms with van der Waals surface area (Å²) in [6, 6.07) is 7.66. The number of carbonyl (C=O) groups excluding carboxylic acids is 1. The third kappa shape index (κ3) is 5.26. The van der Waals surface area contributed by atoms with Crippen molar-refractivity contribution in [1.82, 2.24) is 24.6 Å². The van der Waals surface area contributed by atoms with Gasteiger partial charge in [-0.1, -0.05) is 6.58 Å². The third-order valence-electron chi connectivity index (χ3n) is 7.28. The minimum atomic E-state index is -0.781. The number of ether oxygens (including phenoxy) is 1. The molecule has 0 bridgehead atoms. The summed E-state index contributed by atoms with van der Waals surface area (Å²) in [6.07, 6.45) is 8.25. The molecule has 1 saturated heterocycles. The Morgan fingerprint density at radius 1 is 1.19 bits per heavy atom. The summed E-state index contributed by atoms with van der Waals surface area (Å²) in [6.45, 7) is 8.22. The molecule has 43 heavy (non-hydrogen) atoms. The van der Waals surface area contributed by atoms with E-state index in [9.17, 15) is 14.4 Å². The molecule has 216 valence electrons. The molecule has 8 nitrogen and oxygen atoms in total. The minimum absolute atomic E-state index is 0.0629. The molecule has 0 saturated carbocycles. The van der Waals surface area contributed by atoms with Gasteiger partial charge in [0.1, 0.15) is 23.5 Å². The number of hydrogen-bond donors (Lipinski definition) is 0. The van der Waals surface area contributed by atoms with Gasteiger partial charge in [-0.25, -0.2) is 13.8 Å². The molecule has 1 aliphatic heterocycles. The van der Waals surface area contributed by atoms with Crippen molar-refractivity contribution < 1.29 is 18.3 Å². The van der Waals surface area contributed by atoms with Crippen LogP contribution in [0.4, 0.5) is 8.78 Å². The van der Waals surface area contributed by atoms with Crippen LogP contribution in [0, 0.1) is 23.0 Å². The Hall–Kier alpha value is -4.95. The number of thiophene rings is 1. The quantitative estimate of drug-likeness (QED) is 0.192. The molecule has 1 amide bonds. The molecule has 1 atom stereocenters. The first-order valence-corrected chi connectivity index (χ1v) is 14.5. The van der Waals surface area contributed by atoms with Crippen LogP contribution in [0.2, 0.25) is 0 Å². The van der Waals surface area contributed by atoms with E-state index in [2.05, 4.69) is 22.7 Å². The van der Waals surface area contributed by atoms with Gasteiger partial charge in [-0.3, -0.25) is 14.5 Å². The third-order valence-corrected chi connectivity index (χ3v) is 8.21. The number of fused-ring (bicyclic) bond motifs is 1. The summed E-state index contributed by atoms with van der Waals surface area (Å²) in [4.78, 5) is 23.2. The Morgan fingerprint density at radius 2 is 2.02 bits per heavy atom. The van der Waals surface area contributed by atoms with E-state index in [4.69, 9.17) is 9.72 Å². The average molecular weight is 597 g/mol. The Bertz CT molecular complexity index is 1930. The van der Waals surface area contributed by atoms with E-state index >= 15 is 4.39 Å². The zero-order valence-corrected chi connectivity index (χ0v) is 24.2. The maximum absolute atomic E-state index is 15.8. The van der Waals surface area contributed by atoms with Gasteiger partial charge in [0.15, 0.2) is 0 Å². The first-order chi connectivity index (χ1) is 20.8. The molecule has 0 aliphatic carbocycles. The van der Waals surface area contributed by atoms with E-state index in [1.807, 2.05) is 17.6 Å². The van der Waals surface area contributed by atoms with Gasteiger partial charge in [-0.15, -0.1) is 11.3 Å². The number of hydrogen-bond acceptors (Lipinski definition) is 7. The predicted molar refractivity (Wildman–Crippen MR) is 160 cm³/mol. The molecule has 0 N–H and O–H groups in total. The van der Waals surface area contributed by atoms with Gasteiger partial charge in [-0.2, -0.15) is 10.4 Å². The fraction of sp³-hybridized carbons (Fsp3) is 0.219. The van der Waals surface area contributed by atoms with Crippen LogP contribution >= 0.6 is 11.3 Å². The molecule has 5 aromatic rings. The first-order valence-electron chi connectivity index (χ1n) is 13.7. The largest absolute Gasteiger partial charge is 0.490 e. The van der Waals surface area contributed by atoms with E-state index in [1.54, 1.807) is 41.9 Å². The highest BCUT2D eigenvalue weighted by Crippen LogP contribution is 2.47. The number of aromatic nitrogens is 4. The molecule has 0 radical (unpaired) electrons. The number of carbonyl (C=O) groups is 1. The van der Waals surface area contributed by atoms with Gasteiger partial charge >= 0.3 is 0 Å². The van der Waals surface area contributed by atoms with Crippen LogP contribution in [0.3, 0.4) is 0 Å². The summed E-state index contributed by atoms with van der Waals surface area (Å²) >= 11 is 1.39. The summed E-state index contributed by atoms with van der Waals surface area (Å²) in [5.74, 6) is -1.61. The number of halogens is 2. The molecule has 11 heteroatoms. The maximum Gasteiger partial charge on any atom is 0.246 e. The van der Waals surface area contributed by atoms with Crippen LogP contribution < -0.4 is 4.74 Å². The van der Waals surface area contributed by atoms with Crippen LogP contribution in [0.15, 0.2) is 67.1 Å². The van der Waals surface area contributed by atoms with Gasteiger partial charge in [0.05, 0.1) is 40.9 Å². The fourth-order valence-electron chi connectivity index (χ4n) is 5.40. The molecule has 6 rings (SSSR count). The highest BCUT2D eigenvalue weighted by Gasteiger charge is 2.29. The number of likely N-dealkylation sites (tertiary alicyclic amines) is 1. The highest BCUT2D eigenvalue weighted by atomic mass is 32.1. The summed E-state index contributed by atoms with van der Waals surface area (Å²) < 4.78 is 38.8. The number of rotatable bonds is 7. The average Bonchev–Trinajstić information content (AvgIpc) is 3.77. The fourth-order valence-corrected chi connectivity index (χ4v) is 6.35. The Balaban J connectivity index is 1.59. The normalized spacial score (nSPS) is 14.8. The van der Waals surface area contributed by atoms with Gasteiger partial charge in [0.2, 0.25) is 5.91 Å². The predicted octanol–water partition coefficient (Wildman–Crippen LogP) is 6.79. The summed E-state index contributed by atoms with van der Waals surface area (Å²) in [7, 11) is 0. The lowest BCUT2D eigenvalue weighted by molar-refractivity contribution is -0.125. The van der Waals surface area contributed by atoms with E-state index in [1.165, 1.54) is 29.7 Å². The van der Waals surface area contributed by atoms with Crippen LogP contribution in [0.5, 0.6) is 5.75 Å². The van der Waals surface area contributed by atoms with Crippen LogP contribution in [0.25, 0.3) is 43.7 Å².